The van der Waals surface area contributed by atoms with Gasteiger partial charge in [0, 0.05) is 13.1 Å². The molecule has 0 aliphatic carbocycles. The van der Waals surface area contributed by atoms with Crippen molar-refractivity contribution in [2.75, 3.05) is 26.3 Å². The van der Waals surface area contributed by atoms with Crippen molar-refractivity contribution in [3.05, 3.63) is 60.2 Å². The van der Waals surface area contributed by atoms with Gasteiger partial charge in [0.05, 0.1) is 19.8 Å². The fourth-order valence-corrected chi connectivity index (χ4v) is 2.69. The number of benzene rings is 2. The minimum absolute atomic E-state index is 0.269. The molecule has 0 radical (unpaired) electrons. The molecule has 0 bridgehead atoms. The molecule has 2 aromatic rings. The largest absolute Gasteiger partial charge is 0.490 e. The summed E-state index contributed by atoms with van der Waals surface area (Å²) in [6, 6.07) is 18.2. The van der Waals surface area contributed by atoms with E-state index in [9.17, 15) is 0 Å². The number of nitrogens with zero attached hydrogens (tertiary/aromatic N) is 1. The molecule has 0 amide bonds. The minimum Gasteiger partial charge on any atom is -0.490 e. The summed E-state index contributed by atoms with van der Waals surface area (Å²) in [4.78, 5) is 2.35. The molecular formula is C19H23NO3. The second kappa shape index (κ2) is 7.99. The number of para-hydroxylation sites is 2. The van der Waals surface area contributed by atoms with Gasteiger partial charge in [-0.2, -0.15) is 0 Å². The SMILES string of the molecule is CCOc1ccccc1OC1CN(Cc2ccccc2)CCO1. The zero-order chi connectivity index (χ0) is 15.9. The molecule has 0 saturated carbocycles. The average Bonchev–Trinajstić information content (AvgIpc) is 2.58. The van der Waals surface area contributed by atoms with Crippen LogP contribution >= 0.6 is 0 Å². The van der Waals surface area contributed by atoms with Crippen LogP contribution in [0.25, 0.3) is 0 Å². The summed E-state index contributed by atoms with van der Waals surface area (Å²) in [5, 5.41) is 0. The summed E-state index contributed by atoms with van der Waals surface area (Å²) in [5.74, 6) is 1.50. The quantitative estimate of drug-likeness (QED) is 0.818. The highest BCUT2D eigenvalue weighted by molar-refractivity contribution is 5.39. The maximum absolute atomic E-state index is 6.02. The Bertz CT molecular complexity index is 603. The number of rotatable bonds is 6. The predicted octanol–water partition coefficient (Wildman–Crippen LogP) is 3.32. The molecule has 1 aliphatic heterocycles. The van der Waals surface area contributed by atoms with E-state index in [-0.39, 0.29) is 6.29 Å². The molecule has 1 aliphatic rings. The van der Waals surface area contributed by atoms with E-state index in [0.717, 1.165) is 31.1 Å². The lowest BCUT2D eigenvalue weighted by Gasteiger charge is -2.33. The Hall–Kier alpha value is -2.04. The maximum Gasteiger partial charge on any atom is 0.212 e. The van der Waals surface area contributed by atoms with Gasteiger partial charge in [0.2, 0.25) is 6.29 Å². The van der Waals surface area contributed by atoms with Gasteiger partial charge in [-0.3, -0.25) is 4.90 Å². The maximum atomic E-state index is 6.02. The van der Waals surface area contributed by atoms with Gasteiger partial charge in [0.25, 0.3) is 0 Å². The van der Waals surface area contributed by atoms with E-state index in [0.29, 0.717) is 13.2 Å². The molecule has 1 saturated heterocycles. The molecule has 0 aromatic heterocycles. The summed E-state index contributed by atoms with van der Waals surface area (Å²) in [7, 11) is 0. The molecule has 122 valence electrons. The zero-order valence-electron chi connectivity index (χ0n) is 13.5. The second-order valence-electron chi connectivity index (χ2n) is 5.52. The first kappa shape index (κ1) is 15.8. The molecule has 1 fully saturated rings. The van der Waals surface area contributed by atoms with Gasteiger partial charge in [0.1, 0.15) is 0 Å². The Balaban J connectivity index is 1.60. The number of hydrogen-bond donors (Lipinski definition) is 0. The highest BCUT2D eigenvalue weighted by atomic mass is 16.7. The normalized spacial score (nSPS) is 18.6. The molecule has 1 heterocycles. The van der Waals surface area contributed by atoms with Gasteiger partial charge in [0.15, 0.2) is 11.5 Å². The molecule has 23 heavy (non-hydrogen) atoms. The van der Waals surface area contributed by atoms with Crippen LogP contribution in [0.2, 0.25) is 0 Å². The van der Waals surface area contributed by atoms with Crippen molar-refractivity contribution in [1.29, 1.82) is 0 Å². The summed E-state index contributed by atoms with van der Waals surface area (Å²) >= 11 is 0. The first-order valence-electron chi connectivity index (χ1n) is 8.11. The van der Waals surface area contributed by atoms with Crippen LogP contribution in [0.4, 0.5) is 0 Å². The smallest absolute Gasteiger partial charge is 0.212 e. The van der Waals surface area contributed by atoms with Crippen LogP contribution in [0.1, 0.15) is 12.5 Å². The van der Waals surface area contributed by atoms with Crippen molar-refractivity contribution < 1.29 is 14.2 Å². The first-order chi connectivity index (χ1) is 11.3. The van der Waals surface area contributed by atoms with E-state index in [1.54, 1.807) is 0 Å². The van der Waals surface area contributed by atoms with Gasteiger partial charge < -0.3 is 14.2 Å². The Morgan fingerprint density at radius 2 is 1.78 bits per heavy atom. The molecule has 2 aromatic carbocycles. The molecule has 4 heteroatoms. The standard InChI is InChI=1S/C19H23NO3/c1-2-21-17-10-6-7-11-18(17)23-19-15-20(12-13-22-19)14-16-8-4-3-5-9-16/h3-11,19H,2,12-15H2,1H3. The van der Waals surface area contributed by atoms with Gasteiger partial charge >= 0.3 is 0 Å². The summed E-state index contributed by atoms with van der Waals surface area (Å²) in [5.41, 5.74) is 1.31. The van der Waals surface area contributed by atoms with E-state index in [2.05, 4.69) is 29.2 Å². The Morgan fingerprint density at radius 3 is 2.57 bits per heavy atom. The second-order valence-corrected chi connectivity index (χ2v) is 5.52. The van der Waals surface area contributed by atoms with Crippen LogP contribution in [-0.4, -0.2) is 37.5 Å². The van der Waals surface area contributed by atoms with Gasteiger partial charge in [-0.25, -0.2) is 0 Å². The van der Waals surface area contributed by atoms with E-state index < -0.39 is 0 Å². The van der Waals surface area contributed by atoms with Crippen LogP contribution in [0.5, 0.6) is 11.5 Å². The number of ether oxygens (including phenoxy) is 3. The minimum atomic E-state index is -0.269. The number of morpholine rings is 1. The Morgan fingerprint density at radius 1 is 1.04 bits per heavy atom. The number of hydrogen-bond acceptors (Lipinski definition) is 4. The lowest BCUT2D eigenvalue weighted by Crippen LogP contribution is -2.44. The van der Waals surface area contributed by atoms with E-state index in [1.165, 1.54) is 5.56 Å². The van der Waals surface area contributed by atoms with E-state index in [1.807, 2.05) is 37.3 Å². The Labute approximate surface area is 137 Å². The third-order valence-corrected chi connectivity index (χ3v) is 3.77. The van der Waals surface area contributed by atoms with Crippen LogP contribution in [0.15, 0.2) is 54.6 Å². The van der Waals surface area contributed by atoms with E-state index >= 15 is 0 Å². The Kier molecular flexibility index (Phi) is 5.51. The zero-order valence-corrected chi connectivity index (χ0v) is 13.5. The highest BCUT2D eigenvalue weighted by Gasteiger charge is 2.23. The molecule has 4 nitrogen and oxygen atoms in total. The molecule has 1 atom stereocenters. The van der Waals surface area contributed by atoms with Crippen LogP contribution in [0, 0.1) is 0 Å². The fraction of sp³-hybridized carbons (Fsp3) is 0.368. The van der Waals surface area contributed by atoms with E-state index in [4.69, 9.17) is 14.2 Å². The van der Waals surface area contributed by atoms with Gasteiger partial charge in [-0.1, -0.05) is 42.5 Å². The average molecular weight is 313 g/mol. The van der Waals surface area contributed by atoms with Crippen LogP contribution in [0.3, 0.4) is 0 Å². The van der Waals surface area contributed by atoms with Crippen molar-refractivity contribution in [1.82, 2.24) is 4.90 Å². The molecule has 1 unspecified atom stereocenters. The van der Waals surface area contributed by atoms with Gasteiger partial charge in [-0.15, -0.1) is 0 Å². The monoisotopic (exact) mass is 313 g/mol. The summed E-state index contributed by atoms with van der Waals surface area (Å²) in [6.45, 7) is 5.84. The lowest BCUT2D eigenvalue weighted by molar-refractivity contribution is -0.132. The molecule has 0 N–H and O–H groups in total. The summed E-state index contributed by atoms with van der Waals surface area (Å²) < 4.78 is 17.4. The predicted molar refractivity (Wildman–Crippen MR) is 89.7 cm³/mol. The van der Waals surface area contributed by atoms with Crippen molar-refractivity contribution in [3.63, 3.8) is 0 Å². The third-order valence-electron chi connectivity index (χ3n) is 3.77. The summed E-state index contributed by atoms with van der Waals surface area (Å²) in [6.07, 6.45) is -0.269. The molecule has 3 rings (SSSR count). The van der Waals surface area contributed by atoms with Crippen molar-refractivity contribution in [3.8, 4) is 11.5 Å². The van der Waals surface area contributed by atoms with Crippen LogP contribution in [-0.2, 0) is 11.3 Å². The van der Waals surface area contributed by atoms with Crippen molar-refractivity contribution in [2.24, 2.45) is 0 Å². The van der Waals surface area contributed by atoms with Crippen molar-refractivity contribution in [2.45, 2.75) is 19.8 Å². The molecule has 0 spiro atoms. The van der Waals surface area contributed by atoms with Crippen molar-refractivity contribution >= 4 is 0 Å². The van der Waals surface area contributed by atoms with Crippen LogP contribution < -0.4 is 9.47 Å². The third kappa shape index (κ3) is 4.47. The topological polar surface area (TPSA) is 30.9 Å². The first-order valence-corrected chi connectivity index (χ1v) is 8.11. The van der Waals surface area contributed by atoms with Gasteiger partial charge in [-0.05, 0) is 24.6 Å². The molecular weight excluding hydrogens is 290 g/mol. The highest BCUT2D eigenvalue weighted by Crippen LogP contribution is 2.28. The lowest BCUT2D eigenvalue weighted by atomic mass is 10.2. The fourth-order valence-electron chi connectivity index (χ4n) is 2.69.